The molecular weight excluding hydrogens is 256 g/mol. The maximum absolute atomic E-state index is 11.7. The molecule has 0 bridgehead atoms. The number of benzene rings is 1. The van der Waals surface area contributed by atoms with Gasteiger partial charge in [-0.15, -0.1) is 0 Å². The van der Waals surface area contributed by atoms with E-state index in [1.54, 1.807) is 0 Å². The monoisotopic (exact) mass is 276 g/mol. The summed E-state index contributed by atoms with van der Waals surface area (Å²) in [6.07, 6.45) is 2.02. The number of nitrogens with one attached hydrogen (secondary N) is 2. The molecule has 0 radical (unpaired) electrons. The molecule has 0 saturated heterocycles. The van der Waals surface area contributed by atoms with Gasteiger partial charge < -0.3 is 15.4 Å². The van der Waals surface area contributed by atoms with Crippen molar-refractivity contribution < 1.29 is 14.3 Å². The fraction of sp³-hybridized carbons (Fsp3) is 0.467. The molecule has 2 rings (SSSR count). The summed E-state index contributed by atoms with van der Waals surface area (Å²) in [4.78, 5) is 22.9. The SMILES string of the molecule is COC(=O)C1CC(NCCC(=O)Nc2ccccc2)C1. The first-order valence-electron chi connectivity index (χ1n) is 6.85. The minimum Gasteiger partial charge on any atom is -0.469 e. The number of carbonyl (C=O) groups is 2. The summed E-state index contributed by atoms with van der Waals surface area (Å²) in [5.41, 5.74) is 0.812. The van der Waals surface area contributed by atoms with Crippen molar-refractivity contribution >= 4 is 17.6 Å². The van der Waals surface area contributed by atoms with Crippen molar-refractivity contribution in [3.63, 3.8) is 0 Å². The van der Waals surface area contributed by atoms with E-state index >= 15 is 0 Å². The third-order valence-electron chi connectivity index (χ3n) is 3.52. The summed E-state index contributed by atoms with van der Waals surface area (Å²) >= 11 is 0. The van der Waals surface area contributed by atoms with Gasteiger partial charge in [-0.05, 0) is 25.0 Å². The van der Waals surface area contributed by atoms with E-state index in [1.807, 2.05) is 30.3 Å². The first-order chi connectivity index (χ1) is 9.69. The highest BCUT2D eigenvalue weighted by Crippen LogP contribution is 2.28. The number of amides is 1. The van der Waals surface area contributed by atoms with Crippen LogP contribution in [0.15, 0.2) is 30.3 Å². The van der Waals surface area contributed by atoms with Crippen LogP contribution in [-0.2, 0) is 14.3 Å². The van der Waals surface area contributed by atoms with Crippen molar-refractivity contribution in [2.24, 2.45) is 5.92 Å². The van der Waals surface area contributed by atoms with Crippen molar-refractivity contribution in [2.75, 3.05) is 19.0 Å². The number of para-hydroxylation sites is 1. The molecule has 0 atom stereocenters. The highest BCUT2D eigenvalue weighted by atomic mass is 16.5. The molecule has 0 aromatic heterocycles. The number of ether oxygens (including phenoxy) is 1. The molecule has 5 nitrogen and oxygen atoms in total. The molecule has 1 aromatic rings. The van der Waals surface area contributed by atoms with Gasteiger partial charge >= 0.3 is 5.97 Å². The Morgan fingerprint density at radius 2 is 1.95 bits per heavy atom. The second-order valence-corrected chi connectivity index (χ2v) is 5.01. The van der Waals surface area contributed by atoms with Crippen LogP contribution in [0.4, 0.5) is 5.69 Å². The van der Waals surface area contributed by atoms with Crippen LogP contribution >= 0.6 is 0 Å². The molecule has 5 heteroatoms. The number of hydrogen-bond donors (Lipinski definition) is 2. The van der Waals surface area contributed by atoms with E-state index < -0.39 is 0 Å². The molecule has 20 heavy (non-hydrogen) atoms. The lowest BCUT2D eigenvalue weighted by Crippen LogP contribution is -2.45. The molecule has 108 valence electrons. The standard InChI is InChI=1S/C15H20N2O3/c1-20-15(19)11-9-13(10-11)16-8-7-14(18)17-12-5-3-2-4-6-12/h2-6,11,13,16H,7-10H2,1H3,(H,17,18). The lowest BCUT2D eigenvalue weighted by atomic mass is 9.80. The van der Waals surface area contributed by atoms with Gasteiger partial charge in [0.25, 0.3) is 0 Å². The zero-order valence-electron chi connectivity index (χ0n) is 11.6. The quantitative estimate of drug-likeness (QED) is 0.774. The lowest BCUT2D eigenvalue weighted by molar-refractivity contribution is -0.149. The Bertz CT molecular complexity index is 455. The Morgan fingerprint density at radius 3 is 2.60 bits per heavy atom. The second-order valence-electron chi connectivity index (χ2n) is 5.01. The van der Waals surface area contributed by atoms with Gasteiger partial charge in [-0.25, -0.2) is 0 Å². The van der Waals surface area contributed by atoms with Crippen LogP contribution in [-0.4, -0.2) is 31.6 Å². The summed E-state index contributed by atoms with van der Waals surface area (Å²) in [7, 11) is 1.41. The summed E-state index contributed by atoms with van der Waals surface area (Å²) in [5.74, 6) is -0.118. The van der Waals surface area contributed by atoms with E-state index in [0.29, 0.717) is 19.0 Å². The first-order valence-corrected chi connectivity index (χ1v) is 6.85. The molecule has 1 aromatic carbocycles. The van der Waals surface area contributed by atoms with Crippen LogP contribution < -0.4 is 10.6 Å². The van der Waals surface area contributed by atoms with Crippen LogP contribution in [0.2, 0.25) is 0 Å². The predicted octanol–water partition coefficient (Wildman–Crippen LogP) is 1.56. The van der Waals surface area contributed by atoms with Crippen molar-refractivity contribution in [3.05, 3.63) is 30.3 Å². The Kier molecular flexibility index (Phi) is 5.12. The zero-order chi connectivity index (χ0) is 14.4. The largest absolute Gasteiger partial charge is 0.469 e. The van der Waals surface area contributed by atoms with Crippen molar-refractivity contribution in [3.8, 4) is 0 Å². The molecule has 0 spiro atoms. The molecule has 0 heterocycles. The van der Waals surface area contributed by atoms with E-state index in [2.05, 4.69) is 15.4 Å². The van der Waals surface area contributed by atoms with Gasteiger partial charge in [0.2, 0.25) is 5.91 Å². The maximum atomic E-state index is 11.7. The maximum Gasteiger partial charge on any atom is 0.308 e. The fourth-order valence-corrected chi connectivity index (χ4v) is 2.28. The number of carbonyl (C=O) groups excluding carboxylic acids is 2. The molecule has 0 unspecified atom stereocenters. The van der Waals surface area contributed by atoms with Gasteiger partial charge in [0, 0.05) is 24.7 Å². The molecule has 1 aliphatic carbocycles. The van der Waals surface area contributed by atoms with E-state index in [9.17, 15) is 9.59 Å². The number of anilines is 1. The first kappa shape index (κ1) is 14.5. The van der Waals surface area contributed by atoms with E-state index in [0.717, 1.165) is 18.5 Å². The Labute approximate surface area is 118 Å². The van der Waals surface area contributed by atoms with E-state index in [-0.39, 0.29) is 17.8 Å². The van der Waals surface area contributed by atoms with E-state index in [1.165, 1.54) is 7.11 Å². The summed E-state index contributed by atoms with van der Waals surface area (Å²) in [6.45, 7) is 0.622. The molecule has 1 aliphatic rings. The van der Waals surface area contributed by atoms with Gasteiger partial charge in [0.15, 0.2) is 0 Å². The van der Waals surface area contributed by atoms with Crippen LogP contribution in [0, 0.1) is 5.92 Å². The molecule has 1 fully saturated rings. The average Bonchev–Trinajstić information content (AvgIpc) is 2.41. The Hall–Kier alpha value is -1.88. The Balaban J connectivity index is 1.58. The molecule has 1 amide bonds. The summed E-state index contributed by atoms with van der Waals surface area (Å²) in [5, 5.41) is 6.11. The van der Waals surface area contributed by atoms with Crippen molar-refractivity contribution in [2.45, 2.75) is 25.3 Å². The summed E-state index contributed by atoms with van der Waals surface area (Å²) < 4.78 is 4.68. The number of esters is 1. The highest BCUT2D eigenvalue weighted by Gasteiger charge is 2.34. The number of methoxy groups -OCH3 is 1. The Morgan fingerprint density at radius 1 is 1.25 bits per heavy atom. The molecule has 1 saturated carbocycles. The molecular formula is C15H20N2O3. The van der Waals surface area contributed by atoms with Crippen LogP contribution in [0.3, 0.4) is 0 Å². The second kappa shape index (κ2) is 7.05. The molecule has 0 aliphatic heterocycles. The van der Waals surface area contributed by atoms with Crippen LogP contribution in [0.25, 0.3) is 0 Å². The average molecular weight is 276 g/mol. The predicted molar refractivity (Wildman–Crippen MR) is 76.2 cm³/mol. The van der Waals surface area contributed by atoms with Gasteiger partial charge in [0.05, 0.1) is 13.0 Å². The molecule has 2 N–H and O–H groups in total. The van der Waals surface area contributed by atoms with Crippen molar-refractivity contribution in [1.29, 1.82) is 0 Å². The topological polar surface area (TPSA) is 67.4 Å². The van der Waals surface area contributed by atoms with Gasteiger partial charge in [-0.3, -0.25) is 9.59 Å². The van der Waals surface area contributed by atoms with Gasteiger partial charge in [-0.2, -0.15) is 0 Å². The van der Waals surface area contributed by atoms with Crippen LogP contribution in [0.5, 0.6) is 0 Å². The summed E-state index contributed by atoms with van der Waals surface area (Å²) in [6, 6.07) is 9.72. The number of rotatable bonds is 6. The third kappa shape index (κ3) is 4.06. The smallest absolute Gasteiger partial charge is 0.308 e. The minimum atomic E-state index is -0.134. The van der Waals surface area contributed by atoms with E-state index in [4.69, 9.17) is 0 Å². The lowest BCUT2D eigenvalue weighted by Gasteiger charge is -2.33. The normalized spacial score (nSPS) is 20.9. The van der Waals surface area contributed by atoms with Gasteiger partial charge in [-0.1, -0.05) is 18.2 Å². The highest BCUT2D eigenvalue weighted by molar-refractivity contribution is 5.90. The van der Waals surface area contributed by atoms with Gasteiger partial charge in [0.1, 0.15) is 0 Å². The van der Waals surface area contributed by atoms with Crippen molar-refractivity contribution in [1.82, 2.24) is 5.32 Å². The van der Waals surface area contributed by atoms with Crippen LogP contribution in [0.1, 0.15) is 19.3 Å². The third-order valence-corrected chi connectivity index (χ3v) is 3.52. The zero-order valence-corrected chi connectivity index (χ0v) is 11.6. The minimum absolute atomic E-state index is 0.00691. The number of hydrogen-bond acceptors (Lipinski definition) is 4. The fourth-order valence-electron chi connectivity index (χ4n) is 2.28.